The minimum atomic E-state index is -3.73. The molecule has 1 heterocycles. The molecule has 8 heteroatoms. The number of benzene rings is 2. The Bertz CT molecular complexity index is 926. The number of anilines is 2. The molecule has 136 valence electrons. The van der Waals surface area contributed by atoms with Gasteiger partial charge >= 0.3 is 5.97 Å². The molecular weight excluding hydrogens is 356 g/mol. The number of amides is 1. The molecule has 3 rings (SSSR count). The summed E-state index contributed by atoms with van der Waals surface area (Å²) in [6.07, 6.45) is -0.0495. The number of carbonyl (C=O) groups is 2. The van der Waals surface area contributed by atoms with Crippen molar-refractivity contribution in [3.05, 3.63) is 54.6 Å². The summed E-state index contributed by atoms with van der Waals surface area (Å²) >= 11 is 0. The predicted molar refractivity (Wildman–Crippen MR) is 96.6 cm³/mol. The van der Waals surface area contributed by atoms with Crippen LogP contribution in [0.15, 0.2) is 59.5 Å². The van der Waals surface area contributed by atoms with Crippen LogP contribution in [0.2, 0.25) is 0 Å². The zero-order valence-corrected chi connectivity index (χ0v) is 14.9. The van der Waals surface area contributed by atoms with Gasteiger partial charge in [-0.2, -0.15) is 0 Å². The lowest BCUT2D eigenvalue weighted by Gasteiger charge is -2.20. The van der Waals surface area contributed by atoms with Crippen LogP contribution in [0, 0.1) is 5.92 Å². The molecule has 0 aromatic heterocycles. The Morgan fingerprint density at radius 2 is 1.73 bits per heavy atom. The number of nitrogens with zero attached hydrogens (tertiary/aromatic N) is 2. The third-order valence-corrected chi connectivity index (χ3v) is 6.20. The van der Waals surface area contributed by atoms with E-state index in [1.165, 1.54) is 40.5 Å². The Morgan fingerprint density at radius 3 is 2.27 bits per heavy atom. The van der Waals surface area contributed by atoms with Gasteiger partial charge in [0.2, 0.25) is 5.91 Å². The highest BCUT2D eigenvalue weighted by atomic mass is 32.2. The van der Waals surface area contributed by atoms with E-state index in [2.05, 4.69) is 0 Å². The molecule has 26 heavy (non-hydrogen) atoms. The molecule has 2 aromatic carbocycles. The number of hydrogen-bond acceptors (Lipinski definition) is 4. The Morgan fingerprint density at radius 1 is 1.12 bits per heavy atom. The fraction of sp³-hybridized carbons (Fsp3) is 0.222. The van der Waals surface area contributed by atoms with Crippen molar-refractivity contribution in [1.29, 1.82) is 0 Å². The number of carboxylic acids is 1. The van der Waals surface area contributed by atoms with E-state index in [-0.39, 0.29) is 23.8 Å². The van der Waals surface area contributed by atoms with Gasteiger partial charge in [-0.1, -0.05) is 18.2 Å². The van der Waals surface area contributed by atoms with E-state index < -0.39 is 21.9 Å². The highest BCUT2D eigenvalue weighted by molar-refractivity contribution is 7.92. The maximum absolute atomic E-state index is 12.7. The molecule has 1 fully saturated rings. The van der Waals surface area contributed by atoms with E-state index >= 15 is 0 Å². The quantitative estimate of drug-likeness (QED) is 0.863. The van der Waals surface area contributed by atoms with Crippen molar-refractivity contribution in [2.45, 2.75) is 11.3 Å². The lowest BCUT2D eigenvalue weighted by atomic mass is 10.1. The van der Waals surface area contributed by atoms with Crippen molar-refractivity contribution < 1.29 is 23.1 Å². The number of sulfonamides is 1. The van der Waals surface area contributed by atoms with Gasteiger partial charge in [0.05, 0.1) is 16.5 Å². The largest absolute Gasteiger partial charge is 0.481 e. The molecule has 1 unspecified atom stereocenters. The van der Waals surface area contributed by atoms with Gasteiger partial charge in [0, 0.05) is 25.7 Å². The van der Waals surface area contributed by atoms with Crippen LogP contribution in [0.25, 0.3) is 0 Å². The average molecular weight is 374 g/mol. The maximum Gasteiger partial charge on any atom is 0.308 e. The zero-order chi connectivity index (χ0) is 18.9. The number of hydrogen-bond donors (Lipinski definition) is 1. The minimum absolute atomic E-state index is 0.0495. The van der Waals surface area contributed by atoms with Gasteiger partial charge in [0.1, 0.15) is 0 Å². The van der Waals surface area contributed by atoms with E-state index in [4.69, 9.17) is 5.11 Å². The van der Waals surface area contributed by atoms with Crippen molar-refractivity contribution in [3.8, 4) is 0 Å². The van der Waals surface area contributed by atoms with Crippen LogP contribution in [0.3, 0.4) is 0 Å². The lowest BCUT2D eigenvalue weighted by molar-refractivity contribution is -0.141. The molecule has 0 aliphatic carbocycles. The van der Waals surface area contributed by atoms with Crippen LogP contribution in [0.4, 0.5) is 11.4 Å². The van der Waals surface area contributed by atoms with Crippen molar-refractivity contribution in [3.63, 3.8) is 0 Å². The third kappa shape index (κ3) is 3.28. The molecule has 1 aliphatic rings. The number of aliphatic carboxylic acids is 1. The highest BCUT2D eigenvalue weighted by Gasteiger charge is 2.35. The first-order valence-electron chi connectivity index (χ1n) is 7.98. The standard InChI is InChI=1S/C18H18N2O5S/c1-19(14-5-3-2-4-6-14)26(24,25)16-9-7-15(8-10-16)20-12-13(18(22)23)11-17(20)21/h2-10,13H,11-12H2,1H3,(H,22,23). The number of carbonyl (C=O) groups excluding carboxylic acids is 1. The molecule has 1 atom stereocenters. The second kappa shape index (κ2) is 6.80. The van der Waals surface area contributed by atoms with E-state index in [0.29, 0.717) is 11.4 Å². The lowest BCUT2D eigenvalue weighted by Crippen LogP contribution is -2.27. The summed E-state index contributed by atoms with van der Waals surface area (Å²) in [5.41, 5.74) is 1.02. The molecular formula is C18H18N2O5S. The van der Waals surface area contributed by atoms with Crippen LogP contribution in [-0.4, -0.2) is 39.0 Å². The van der Waals surface area contributed by atoms with Gasteiger partial charge in [-0.25, -0.2) is 8.42 Å². The first-order valence-corrected chi connectivity index (χ1v) is 9.42. The Labute approximate surface area is 151 Å². The summed E-state index contributed by atoms with van der Waals surface area (Å²) in [5.74, 6) is -2.03. The smallest absolute Gasteiger partial charge is 0.308 e. The molecule has 0 radical (unpaired) electrons. The van der Waals surface area contributed by atoms with E-state index in [1.807, 2.05) is 0 Å². The van der Waals surface area contributed by atoms with E-state index in [9.17, 15) is 18.0 Å². The third-order valence-electron chi connectivity index (χ3n) is 4.40. The molecule has 0 saturated carbocycles. The summed E-state index contributed by atoms with van der Waals surface area (Å²) in [6, 6.07) is 14.6. The molecule has 2 aromatic rings. The van der Waals surface area contributed by atoms with Gasteiger partial charge in [0.25, 0.3) is 10.0 Å². The second-order valence-corrected chi connectivity index (χ2v) is 8.01. The monoisotopic (exact) mass is 374 g/mol. The first kappa shape index (κ1) is 17.9. The minimum Gasteiger partial charge on any atom is -0.481 e. The van der Waals surface area contributed by atoms with E-state index in [1.54, 1.807) is 30.3 Å². The van der Waals surface area contributed by atoms with Gasteiger partial charge in [-0.3, -0.25) is 13.9 Å². The molecule has 1 aliphatic heterocycles. The van der Waals surface area contributed by atoms with Crippen LogP contribution < -0.4 is 9.21 Å². The predicted octanol–water partition coefficient (Wildman–Crippen LogP) is 1.95. The molecule has 0 spiro atoms. The van der Waals surface area contributed by atoms with Crippen molar-refractivity contribution in [2.75, 3.05) is 22.8 Å². The number of carboxylic acid groups (broad SMARTS) is 1. The van der Waals surface area contributed by atoms with Gasteiger partial charge in [-0.05, 0) is 36.4 Å². The Kier molecular flexibility index (Phi) is 4.69. The van der Waals surface area contributed by atoms with Crippen LogP contribution in [-0.2, 0) is 19.6 Å². The van der Waals surface area contributed by atoms with Crippen LogP contribution in [0.1, 0.15) is 6.42 Å². The van der Waals surface area contributed by atoms with E-state index in [0.717, 1.165) is 0 Å². The van der Waals surface area contributed by atoms with Crippen LogP contribution in [0.5, 0.6) is 0 Å². The summed E-state index contributed by atoms with van der Waals surface area (Å²) < 4.78 is 26.7. The molecule has 1 N–H and O–H groups in total. The van der Waals surface area contributed by atoms with Gasteiger partial charge in [-0.15, -0.1) is 0 Å². The van der Waals surface area contributed by atoms with Crippen molar-refractivity contribution >= 4 is 33.3 Å². The zero-order valence-electron chi connectivity index (χ0n) is 14.1. The fourth-order valence-electron chi connectivity index (χ4n) is 2.86. The average Bonchev–Trinajstić information content (AvgIpc) is 3.04. The van der Waals surface area contributed by atoms with Crippen molar-refractivity contribution in [2.24, 2.45) is 5.92 Å². The molecule has 7 nitrogen and oxygen atoms in total. The SMILES string of the molecule is CN(c1ccccc1)S(=O)(=O)c1ccc(N2CC(C(=O)O)CC2=O)cc1. The summed E-state index contributed by atoms with van der Waals surface area (Å²) in [5, 5.41) is 9.05. The molecule has 1 saturated heterocycles. The fourth-order valence-corrected chi connectivity index (χ4v) is 4.05. The second-order valence-electron chi connectivity index (χ2n) is 6.05. The number of rotatable bonds is 5. The van der Waals surface area contributed by atoms with Crippen molar-refractivity contribution in [1.82, 2.24) is 0 Å². The number of para-hydroxylation sites is 1. The summed E-state index contributed by atoms with van der Waals surface area (Å²) in [6.45, 7) is 0.0875. The van der Waals surface area contributed by atoms with Gasteiger partial charge < -0.3 is 10.0 Å². The summed E-state index contributed by atoms with van der Waals surface area (Å²) in [7, 11) is -2.26. The molecule has 1 amide bonds. The highest BCUT2D eigenvalue weighted by Crippen LogP contribution is 2.28. The normalized spacial score (nSPS) is 17.3. The molecule has 0 bridgehead atoms. The Balaban J connectivity index is 1.83. The maximum atomic E-state index is 12.7. The summed E-state index contributed by atoms with van der Waals surface area (Å²) in [4.78, 5) is 24.5. The van der Waals surface area contributed by atoms with Gasteiger partial charge in [0.15, 0.2) is 0 Å². The first-order chi connectivity index (χ1) is 12.3. The topological polar surface area (TPSA) is 95.0 Å². The Hall–Kier alpha value is -2.87. The van der Waals surface area contributed by atoms with Crippen LogP contribution >= 0.6 is 0 Å².